The van der Waals surface area contributed by atoms with E-state index in [2.05, 4.69) is 0 Å². The number of alkyl halides is 3. The fourth-order valence-corrected chi connectivity index (χ4v) is 3.00. The highest BCUT2D eigenvalue weighted by molar-refractivity contribution is 7.92. The maximum Gasteiger partial charge on any atom is 0.488 e. The van der Waals surface area contributed by atoms with E-state index < -0.39 is 34.6 Å². The molecule has 3 N–H and O–H groups in total. The van der Waals surface area contributed by atoms with Crippen LogP contribution in [0.3, 0.4) is 0 Å². The predicted octanol–water partition coefficient (Wildman–Crippen LogP) is 1.19. The van der Waals surface area contributed by atoms with Crippen LogP contribution in [0.1, 0.15) is 5.56 Å². The van der Waals surface area contributed by atoms with Crippen LogP contribution in [-0.2, 0) is 16.2 Å². The second-order valence-electron chi connectivity index (χ2n) is 4.60. The molecule has 0 bridgehead atoms. The van der Waals surface area contributed by atoms with Crippen molar-refractivity contribution in [2.24, 2.45) is 0 Å². The molecule has 2 aromatic carbocycles. The Labute approximate surface area is 130 Å². The third-order valence-corrected chi connectivity index (χ3v) is 4.31. The predicted molar refractivity (Wildman–Crippen MR) is 78.5 cm³/mol. The minimum Gasteiger partial charge on any atom is -0.423 e. The van der Waals surface area contributed by atoms with Crippen LogP contribution in [0.4, 0.5) is 18.9 Å². The summed E-state index contributed by atoms with van der Waals surface area (Å²) in [6, 6.07) is 8.77. The van der Waals surface area contributed by atoms with Gasteiger partial charge in [0, 0.05) is 0 Å². The molecule has 0 spiro atoms. The fraction of sp³-hybridized carbons (Fsp3) is 0.0769. The summed E-state index contributed by atoms with van der Waals surface area (Å²) in [5, 5.41) is 18.1. The summed E-state index contributed by atoms with van der Waals surface area (Å²) in [5.74, 6) is 0. The summed E-state index contributed by atoms with van der Waals surface area (Å²) in [6.45, 7) is 0. The molecule has 0 saturated heterocycles. The number of para-hydroxylation sites is 1. The number of nitrogens with one attached hydrogen (secondary N) is 1. The standard InChI is InChI=1S/C13H11BF3NO4S/c15-13(16,17)11-6-1-2-7-12(11)18-23(21,22)10-5-3-4-9(8-10)14(19)20/h1-8,18-20H. The Hall–Kier alpha value is -2.04. The lowest BCUT2D eigenvalue weighted by Gasteiger charge is -2.15. The van der Waals surface area contributed by atoms with Crippen LogP contribution in [0.15, 0.2) is 53.4 Å². The maximum atomic E-state index is 12.9. The van der Waals surface area contributed by atoms with Gasteiger partial charge in [0.05, 0.1) is 16.1 Å². The van der Waals surface area contributed by atoms with Gasteiger partial charge in [0.25, 0.3) is 10.0 Å². The molecule has 0 radical (unpaired) electrons. The minimum atomic E-state index is -4.72. The van der Waals surface area contributed by atoms with Crippen LogP contribution in [0.5, 0.6) is 0 Å². The average molecular weight is 345 g/mol. The van der Waals surface area contributed by atoms with Crippen molar-refractivity contribution < 1.29 is 31.6 Å². The lowest BCUT2D eigenvalue weighted by Crippen LogP contribution is -2.30. The van der Waals surface area contributed by atoms with E-state index in [4.69, 9.17) is 10.0 Å². The number of halogens is 3. The molecule has 0 heterocycles. The van der Waals surface area contributed by atoms with Gasteiger partial charge in [-0.05, 0) is 29.7 Å². The van der Waals surface area contributed by atoms with E-state index in [1.807, 2.05) is 4.72 Å². The highest BCUT2D eigenvalue weighted by Crippen LogP contribution is 2.35. The van der Waals surface area contributed by atoms with Gasteiger partial charge >= 0.3 is 13.3 Å². The minimum absolute atomic E-state index is 0.100. The molecule has 0 aliphatic rings. The lowest BCUT2D eigenvalue weighted by molar-refractivity contribution is -0.136. The highest BCUT2D eigenvalue weighted by atomic mass is 32.2. The summed E-state index contributed by atoms with van der Waals surface area (Å²) in [7, 11) is -6.22. The Balaban J connectivity index is 2.42. The molecule has 23 heavy (non-hydrogen) atoms. The largest absolute Gasteiger partial charge is 0.488 e. The van der Waals surface area contributed by atoms with E-state index in [9.17, 15) is 21.6 Å². The van der Waals surface area contributed by atoms with Crippen molar-refractivity contribution in [2.75, 3.05) is 4.72 Å². The van der Waals surface area contributed by atoms with Crippen LogP contribution in [-0.4, -0.2) is 25.6 Å². The number of hydrogen-bond donors (Lipinski definition) is 3. The van der Waals surface area contributed by atoms with E-state index in [1.165, 1.54) is 18.2 Å². The first kappa shape index (κ1) is 17.3. The molecule has 10 heteroatoms. The second kappa shape index (κ2) is 6.22. The van der Waals surface area contributed by atoms with Gasteiger partial charge in [-0.15, -0.1) is 0 Å². The van der Waals surface area contributed by atoms with Crippen LogP contribution in [0.2, 0.25) is 0 Å². The van der Waals surface area contributed by atoms with Gasteiger partial charge < -0.3 is 10.0 Å². The van der Waals surface area contributed by atoms with Crippen molar-refractivity contribution in [3.63, 3.8) is 0 Å². The van der Waals surface area contributed by atoms with E-state index in [1.54, 1.807) is 0 Å². The van der Waals surface area contributed by atoms with E-state index >= 15 is 0 Å². The smallest absolute Gasteiger partial charge is 0.423 e. The Morgan fingerprint density at radius 1 is 1.00 bits per heavy atom. The van der Waals surface area contributed by atoms with Crippen molar-refractivity contribution in [3.8, 4) is 0 Å². The lowest BCUT2D eigenvalue weighted by atomic mass is 9.81. The molecule has 2 aromatic rings. The van der Waals surface area contributed by atoms with Crippen molar-refractivity contribution in [1.29, 1.82) is 0 Å². The number of rotatable bonds is 4. The van der Waals surface area contributed by atoms with Crippen LogP contribution < -0.4 is 10.2 Å². The molecule has 5 nitrogen and oxygen atoms in total. The molecule has 2 rings (SSSR count). The zero-order valence-electron chi connectivity index (χ0n) is 11.4. The third kappa shape index (κ3) is 4.03. The third-order valence-electron chi connectivity index (χ3n) is 2.94. The summed E-state index contributed by atoms with van der Waals surface area (Å²) in [4.78, 5) is -0.389. The Bertz CT molecular complexity index is 809. The fourth-order valence-electron chi connectivity index (χ4n) is 1.87. The first-order valence-electron chi connectivity index (χ1n) is 6.26. The molecule has 0 aliphatic carbocycles. The van der Waals surface area contributed by atoms with Crippen molar-refractivity contribution in [1.82, 2.24) is 0 Å². The summed E-state index contributed by atoms with van der Waals surface area (Å²) in [6.07, 6.45) is -4.72. The molecular formula is C13H11BF3NO4S. The monoisotopic (exact) mass is 345 g/mol. The molecule has 0 unspecified atom stereocenters. The number of benzene rings is 2. The molecule has 0 atom stereocenters. The van der Waals surface area contributed by atoms with Gasteiger partial charge in [0.2, 0.25) is 0 Å². The van der Waals surface area contributed by atoms with Crippen molar-refractivity contribution in [3.05, 3.63) is 54.1 Å². The molecule has 0 aromatic heterocycles. The van der Waals surface area contributed by atoms with E-state index in [0.717, 1.165) is 30.3 Å². The summed E-state index contributed by atoms with van der Waals surface area (Å²) >= 11 is 0. The van der Waals surface area contributed by atoms with Crippen LogP contribution in [0, 0.1) is 0 Å². The van der Waals surface area contributed by atoms with Crippen LogP contribution in [0.25, 0.3) is 0 Å². The molecule has 0 aliphatic heterocycles. The quantitative estimate of drug-likeness (QED) is 0.727. The van der Waals surface area contributed by atoms with Gasteiger partial charge in [0.1, 0.15) is 0 Å². The Morgan fingerprint density at radius 2 is 1.65 bits per heavy atom. The second-order valence-corrected chi connectivity index (χ2v) is 6.28. The number of sulfonamides is 1. The van der Waals surface area contributed by atoms with Crippen molar-refractivity contribution >= 4 is 28.3 Å². The molecule has 0 amide bonds. The van der Waals surface area contributed by atoms with Gasteiger partial charge in [-0.1, -0.05) is 24.3 Å². The topological polar surface area (TPSA) is 86.6 Å². The van der Waals surface area contributed by atoms with Gasteiger partial charge in [0.15, 0.2) is 0 Å². The van der Waals surface area contributed by atoms with Gasteiger partial charge in [-0.3, -0.25) is 4.72 Å². The van der Waals surface area contributed by atoms with E-state index in [-0.39, 0.29) is 10.4 Å². The first-order valence-corrected chi connectivity index (χ1v) is 7.75. The Morgan fingerprint density at radius 3 is 2.26 bits per heavy atom. The van der Waals surface area contributed by atoms with E-state index in [0.29, 0.717) is 0 Å². The molecule has 0 fully saturated rings. The zero-order valence-corrected chi connectivity index (χ0v) is 12.3. The molecular weight excluding hydrogens is 334 g/mol. The number of anilines is 1. The first-order chi connectivity index (χ1) is 10.6. The molecule has 122 valence electrons. The molecule has 0 saturated carbocycles. The highest BCUT2D eigenvalue weighted by Gasteiger charge is 2.34. The van der Waals surface area contributed by atoms with Gasteiger partial charge in [-0.25, -0.2) is 8.42 Å². The average Bonchev–Trinajstić information content (AvgIpc) is 2.46. The van der Waals surface area contributed by atoms with Crippen molar-refractivity contribution in [2.45, 2.75) is 11.1 Å². The Kier molecular flexibility index (Phi) is 4.69. The zero-order chi connectivity index (χ0) is 17.3. The maximum absolute atomic E-state index is 12.9. The summed E-state index contributed by atoms with van der Waals surface area (Å²) in [5.41, 5.74) is -1.84. The SMILES string of the molecule is O=S(=O)(Nc1ccccc1C(F)(F)F)c1cccc(B(O)O)c1. The number of hydrogen-bond acceptors (Lipinski definition) is 4. The van der Waals surface area contributed by atoms with Crippen LogP contribution >= 0.6 is 0 Å². The summed E-state index contributed by atoms with van der Waals surface area (Å²) < 4.78 is 65.0. The van der Waals surface area contributed by atoms with Gasteiger partial charge in [-0.2, -0.15) is 13.2 Å². The normalized spacial score (nSPS) is 12.0.